The number of para-hydroxylation sites is 1. The molecule has 3 aromatic rings. The van der Waals surface area contributed by atoms with Gasteiger partial charge in [-0.2, -0.15) is 0 Å². The number of aromatic nitrogens is 3. The SMILES string of the molecule is COc1ccc(CN2CCCC(COc3ccccc3F)(OC)CC2)cc1OCCn1cnnc1. The number of halogens is 1. The molecule has 0 saturated carbocycles. The Balaban J connectivity index is 1.34. The van der Waals surface area contributed by atoms with E-state index in [1.807, 2.05) is 16.7 Å². The molecule has 35 heavy (non-hydrogen) atoms. The largest absolute Gasteiger partial charge is 0.493 e. The first-order valence-electron chi connectivity index (χ1n) is 11.9. The van der Waals surface area contributed by atoms with Gasteiger partial charge in [-0.25, -0.2) is 4.39 Å². The van der Waals surface area contributed by atoms with Crippen LogP contribution in [0.4, 0.5) is 4.39 Å². The molecular weight excluding hydrogens is 451 g/mol. The number of benzene rings is 2. The van der Waals surface area contributed by atoms with Crippen LogP contribution in [0.15, 0.2) is 55.1 Å². The summed E-state index contributed by atoms with van der Waals surface area (Å²) < 4.78 is 39.1. The molecule has 0 amide bonds. The van der Waals surface area contributed by atoms with Gasteiger partial charge in [-0.3, -0.25) is 4.90 Å². The smallest absolute Gasteiger partial charge is 0.165 e. The van der Waals surface area contributed by atoms with E-state index in [0.29, 0.717) is 25.5 Å². The Kier molecular flexibility index (Phi) is 8.54. The predicted molar refractivity (Wildman–Crippen MR) is 129 cm³/mol. The molecule has 1 aliphatic heterocycles. The third-order valence-corrected chi connectivity index (χ3v) is 6.46. The summed E-state index contributed by atoms with van der Waals surface area (Å²) in [4.78, 5) is 2.41. The van der Waals surface area contributed by atoms with Crippen LogP contribution in [0.1, 0.15) is 24.8 Å². The number of nitrogens with zero attached hydrogens (tertiary/aromatic N) is 4. The van der Waals surface area contributed by atoms with Gasteiger partial charge in [-0.15, -0.1) is 10.2 Å². The second-order valence-corrected chi connectivity index (χ2v) is 8.77. The summed E-state index contributed by atoms with van der Waals surface area (Å²) in [6, 6.07) is 12.5. The minimum absolute atomic E-state index is 0.264. The van der Waals surface area contributed by atoms with Crippen LogP contribution in [0.2, 0.25) is 0 Å². The lowest BCUT2D eigenvalue weighted by atomic mass is 9.95. The number of hydrogen-bond acceptors (Lipinski definition) is 7. The quantitative estimate of drug-likeness (QED) is 0.408. The third-order valence-electron chi connectivity index (χ3n) is 6.46. The van der Waals surface area contributed by atoms with Gasteiger partial charge in [0.25, 0.3) is 0 Å². The van der Waals surface area contributed by atoms with E-state index in [4.69, 9.17) is 18.9 Å². The maximum atomic E-state index is 14.0. The van der Waals surface area contributed by atoms with Gasteiger partial charge in [-0.05, 0) is 55.6 Å². The molecule has 4 rings (SSSR count). The lowest BCUT2D eigenvalue weighted by Gasteiger charge is -2.31. The first kappa shape index (κ1) is 24.9. The predicted octanol–water partition coefficient (Wildman–Crippen LogP) is 3.95. The molecule has 1 aromatic heterocycles. The third kappa shape index (κ3) is 6.70. The Morgan fingerprint density at radius 1 is 0.943 bits per heavy atom. The van der Waals surface area contributed by atoms with Crippen LogP contribution in [-0.2, 0) is 17.8 Å². The molecule has 0 bridgehead atoms. The molecule has 1 aliphatic rings. The molecule has 1 saturated heterocycles. The standard InChI is InChI=1S/C26H33FN4O4/c1-32-24-9-8-21(16-25(24)34-15-14-31-19-28-29-20-31)17-30-12-5-10-26(33-2,11-13-30)18-35-23-7-4-3-6-22(23)27/h3-4,6-9,16,19-20H,5,10-15,17-18H2,1-2H3. The summed E-state index contributed by atoms with van der Waals surface area (Å²) in [6.07, 6.45) is 5.95. The summed E-state index contributed by atoms with van der Waals surface area (Å²) in [5, 5.41) is 7.62. The van der Waals surface area contributed by atoms with E-state index in [2.05, 4.69) is 21.2 Å². The fourth-order valence-electron chi connectivity index (χ4n) is 4.35. The molecule has 9 heteroatoms. The summed E-state index contributed by atoms with van der Waals surface area (Å²) in [5.74, 6) is 1.34. The highest BCUT2D eigenvalue weighted by Gasteiger charge is 2.34. The summed E-state index contributed by atoms with van der Waals surface area (Å²) in [7, 11) is 3.36. The molecule has 1 fully saturated rings. The van der Waals surface area contributed by atoms with Crippen LogP contribution < -0.4 is 14.2 Å². The molecule has 188 valence electrons. The van der Waals surface area contributed by atoms with Crippen molar-refractivity contribution in [3.8, 4) is 17.2 Å². The molecule has 0 spiro atoms. The molecule has 1 atom stereocenters. The first-order valence-corrected chi connectivity index (χ1v) is 11.9. The molecule has 8 nitrogen and oxygen atoms in total. The van der Waals surface area contributed by atoms with Gasteiger partial charge < -0.3 is 23.5 Å². The lowest BCUT2D eigenvalue weighted by molar-refractivity contribution is -0.0548. The van der Waals surface area contributed by atoms with Gasteiger partial charge in [0.2, 0.25) is 0 Å². The van der Waals surface area contributed by atoms with Crippen molar-refractivity contribution < 1.29 is 23.3 Å². The highest BCUT2D eigenvalue weighted by atomic mass is 19.1. The van der Waals surface area contributed by atoms with Crippen molar-refractivity contribution in [1.29, 1.82) is 0 Å². The van der Waals surface area contributed by atoms with Crippen LogP contribution in [0.5, 0.6) is 17.2 Å². The average molecular weight is 485 g/mol. The Bertz CT molecular complexity index is 1070. The number of methoxy groups -OCH3 is 2. The highest BCUT2D eigenvalue weighted by Crippen LogP contribution is 2.31. The van der Waals surface area contributed by atoms with Crippen molar-refractivity contribution >= 4 is 0 Å². The average Bonchev–Trinajstić information content (AvgIpc) is 3.31. The van der Waals surface area contributed by atoms with Gasteiger partial charge in [0.15, 0.2) is 23.1 Å². The maximum absolute atomic E-state index is 14.0. The van der Waals surface area contributed by atoms with Crippen molar-refractivity contribution in [3.63, 3.8) is 0 Å². The zero-order valence-corrected chi connectivity index (χ0v) is 20.4. The van der Waals surface area contributed by atoms with E-state index in [1.165, 1.54) is 6.07 Å². The van der Waals surface area contributed by atoms with Gasteiger partial charge >= 0.3 is 0 Å². The zero-order chi connectivity index (χ0) is 24.5. The molecule has 1 unspecified atom stereocenters. The van der Waals surface area contributed by atoms with Crippen LogP contribution in [0.3, 0.4) is 0 Å². The van der Waals surface area contributed by atoms with E-state index >= 15 is 0 Å². The van der Waals surface area contributed by atoms with E-state index in [9.17, 15) is 4.39 Å². The number of rotatable bonds is 11. The molecule has 0 aliphatic carbocycles. The Morgan fingerprint density at radius 3 is 2.54 bits per heavy atom. The minimum atomic E-state index is -0.437. The Hall–Kier alpha value is -3.17. The van der Waals surface area contributed by atoms with E-state index < -0.39 is 5.60 Å². The maximum Gasteiger partial charge on any atom is 0.165 e. The first-order chi connectivity index (χ1) is 17.1. The minimum Gasteiger partial charge on any atom is -0.493 e. The number of likely N-dealkylation sites (tertiary alicyclic amines) is 1. The van der Waals surface area contributed by atoms with Crippen LogP contribution in [0.25, 0.3) is 0 Å². The Labute approximate surface area is 205 Å². The van der Waals surface area contributed by atoms with Crippen LogP contribution >= 0.6 is 0 Å². The number of hydrogen-bond donors (Lipinski definition) is 0. The van der Waals surface area contributed by atoms with Gasteiger partial charge in [0, 0.05) is 20.2 Å². The lowest BCUT2D eigenvalue weighted by Crippen LogP contribution is -2.39. The molecule has 2 heterocycles. The summed E-state index contributed by atoms with van der Waals surface area (Å²) >= 11 is 0. The topological polar surface area (TPSA) is 70.9 Å². The Morgan fingerprint density at radius 2 is 1.77 bits per heavy atom. The second kappa shape index (κ2) is 12.0. The van der Waals surface area contributed by atoms with Gasteiger partial charge in [-0.1, -0.05) is 18.2 Å². The van der Waals surface area contributed by atoms with E-state index in [-0.39, 0.29) is 11.6 Å². The van der Waals surface area contributed by atoms with Crippen LogP contribution in [0, 0.1) is 5.82 Å². The van der Waals surface area contributed by atoms with Crippen molar-refractivity contribution in [1.82, 2.24) is 19.7 Å². The van der Waals surface area contributed by atoms with E-state index in [0.717, 1.165) is 50.2 Å². The monoisotopic (exact) mass is 484 g/mol. The van der Waals surface area contributed by atoms with E-state index in [1.54, 1.807) is 45.1 Å². The van der Waals surface area contributed by atoms with Crippen LogP contribution in [-0.4, -0.2) is 65.8 Å². The van der Waals surface area contributed by atoms with Crippen molar-refractivity contribution in [2.24, 2.45) is 0 Å². The zero-order valence-electron chi connectivity index (χ0n) is 20.4. The second-order valence-electron chi connectivity index (χ2n) is 8.77. The van der Waals surface area contributed by atoms with Crippen molar-refractivity contribution in [3.05, 3.63) is 66.5 Å². The van der Waals surface area contributed by atoms with Gasteiger partial charge in [0.1, 0.15) is 31.5 Å². The molecule has 0 radical (unpaired) electrons. The summed E-state index contributed by atoms with van der Waals surface area (Å²) in [5.41, 5.74) is 0.713. The normalized spacial score (nSPS) is 18.7. The fraction of sp³-hybridized carbons (Fsp3) is 0.462. The van der Waals surface area contributed by atoms with Gasteiger partial charge in [0.05, 0.1) is 13.7 Å². The fourth-order valence-corrected chi connectivity index (χ4v) is 4.35. The molecular formula is C26H33FN4O4. The molecule has 2 aromatic carbocycles. The highest BCUT2D eigenvalue weighted by molar-refractivity contribution is 5.43. The molecule has 0 N–H and O–H groups in total. The number of ether oxygens (including phenoxy) is 4. The summed E-state index contributed by atoms with van der Waals surface area (Å²) in [6.45, 7) is 4.05. The van der Waals surface area contributed by atoms with Crippen molar-refractivity contribution in [2.75, 3.05) is 40.5 Å². The van der Waals surface area contributed by atoms with Crippen molar-refractivity contribution in [2.45, 2.75) is 38.0 Å².